The maximum Gasteiger partial charge on any atom is 0.331 e. The predicted octanol–water partition coefficient (Wildman–Crippen LogP) is 2.52. The van der Waals surface area contributed by atoms with Crippen molar-refractivity contribution in [3.63, 3.8) is 0 Å². The molecule has 0 saturated carbocycles. The number of nitrogens with zero attached hydrogens (tertiary/aromatic N) is 1. The minimum absolute atomic E-state index is 0.113. The predicted molar refractivity (Wildman–Crippen MR) is 61.4 cm³/mol. The topological polar surface area (TPSA) is 50.1 Å². The SMILES string of the molecule is CC(C)OC(=O)C=Cc1ccc(C#N)cc1. The first-order valence-electron chi connectivity index (χ1n) is 5.00. The number of nitriles is 1. The molecule has 1 aromatic carbocycles. The number of benzene rings is 1. The van der Waals surface area contributed by atoms with Crippen LogP contribution in [0, 0.1) is 11.3 Å². The lowest BCUT2D eigenvalue weighted by Gasteiger charge is -2.03. The first-order chi connectivity index (χ1) is 7.61. The number of hydrogen-bond donors (Lipinski definition) is 0. The highest BCUT2D eigenvalue weighted by atomic mass is 16.5. The number of carbonyl (C=O) groups excluding carboxylic acids is 1. The van der Waals surface area contributed by atoms with Gasteiger partial charge >= 0.3 is 5.97 Å². The number of carbonyl (C=O) groups is 1. The molecule has 1 rings (SSSR count). The summed E-state index contributed by atoms with van der Waals surface area (Å²) in [6.07, 6.45) is 2.92. The molecule has 0 N–H and O–H groups in total. The van der Waals surface area contributed by atoms with Crippen LogP contribution in [-0.4, -0.2) is 12.1 Å². The molecule has 3 nitrogen and oxygen atoms in total. The normalized spacial score (nSPS) is 10.4. The van der Waals surface area contributed by atoms with E-state index < -0.39 is 0 Å². The number of rotatable bonds is 3. The van der Waals surface area contributed by atoms with Gasteiger partial charge in [0, 0.05) is 6.08 Å². The van der Waals surface area contributed by atoms with Gasteiger partial charge in [-0.3, -0.25) is 0 Å². The second-order valence-corrected chi connectivity index (χ2v) is 3.55. The molecule has 0 aliphatic carbocycles. The Hall–Kier alpha value is -2.08. The molecular formula is C13H13NO2. The summed E-state index contributed by atoms with van der Waals surface area (Å²) in [5, 5.41) is 8.60. The molecule has 82 valence electrons. The molecule has 0 radical (unpaired) electrons. The molecule has 0 spiro atoms. The lowest BCUT2D eigenvalue weighted by atomic mass is 10.1. The summed E-state index contributed by atoms with van der Waals surface area (Å²) in [6, 6.07) is 8.98. The third-order valence-electron chi connectivity index (χ3n) is 1.80. The Morgan fingerprint density at radius 1 is 1.38 bits per heavy atom. The minimum Gasteiger partial charge on any atom is -0.460 e. The van der Waals surface area contributed by atoms with Gasteiger partial charge in [0.05, 0.1) is 17.7 Å². The van der Waals surface area contributed by atoms with Gasteiger partial charge in [-0.1, -0.05) is 12.1 Å². The molecule has 0 aliphatic rings. The molecule has 16 heavy (non-hydrogen) atoms. The summed E-state index contributed by atoms with van der Waals surface area (Å²) in [5.74, 6) is -0.362. The van der Waals surface area contributed by atoms with E-state index in [1.54, 1.807) is 44.2 Å². The van der Waals surface area contributed by atoms with E-state index in [9.17, 15) is 4.79 Å². The van der Waals surface area contributed by atoms with Gasteiger partial charge in [-0.25, -0.2) is 4.79 Å². The average Bonchev–Trinajstić information content (AvgIpc) is 2.26. The van der Waals surface area contributed by atoms with Crippen LogP contribution in [0.15, 0.2) is 30.3 Å². The minimum atomic E-state index is -0.362. The maximum atomic E-state index is 11.2. The van der Waals surface area contributed by atoms with E-state index in [1.165, 1.54) is 6.08 Å². The highest BCUT2D eigenvalue weighted by molar-refractivity contribution is 5.87. The van der Waals surface area contributed by atoms with E-state index in [0.717, 1.165) is 5.56 Å². The first kappa shape index (κ1) is 12.0. The molecule has 0 atom stereocenters. The monoisotopic (exact) mass is 215 g/mol. The summed E-state index contributed by atoms with van der Waals surface area (Å²) in [7, 11) is 0. The van der Waals surface area contributed by atoms with E-state index in [0.29, 0.717) is 5.56 Å². The van der Waals surface area contributed by atoms with Crippen molar-refractivity contribution in [2.75, 3.05) is 0 Å². The Morgan fingerprint density at radius 3 is 2.50 bits per heavy atom. The second kappa shape index (κ2) is 5.72. The third-order valence-corrected chi connectivity index (χ3v) is 1.80. The van der Waals surface area contributed by atoms with Crippen molar-refractivity contribution in [2.24, 2.45) is 0 Å². The molecule has 0 aliphatic heterocycles. The van der Waals surface area contributed by atoms with Crippen LogP contribution < -0.4 is 0 Å². The van der Waals surface area contributed by atoms with Crippen molar-refractivity contribution in [1.82, 2.24) is 0 Å². The average molecular weight is 215 g/mol. The van der Waals surface area contributed by atoms with E-state index in [1.807, 2.05) is 6.07 Å². The fourth-order valence-electron chi connectivity index (χ4n) is 1.10. The fraction of sp³-hybridized carbons (Fsp3) is 0.231. The Labute approximate surface area is 95.0 Å². The van der Waals surface area contributed by atoms with Gasteiger partial charge < -0.3 is 4.74 Å². The highest BCUT2D eigenvalue weighted by Gasteiger charge is 1.99. The van der Waals surface area contributed by atoms with Gasteiger partial charge in [0.25, 0.3) is 0 Å². The van der Waals surface area contributed by atoms with Crippen LogP contribution in [0.4, 0.5) is 0 Å². The lowest BCUT2D eigenvalue weighted by Crippen LogP contribution is -2.08. The van der Waals surface area contributed by atoms with Crippen LogP contribution in [0.2, 0.25) is 0 Å². The summed E-state index contributed by atoms with van der Waals surface area (Å²) >= 11 is 0. The van der Waals surface area contributed by atoms with Gasteiger partial charge in [0.1, 0.15) is 0 Å². The van der Waals surface area contributed by atoms with E-state index in [2.05, 4.69) is 0 Å². The van der Waals surface area contributed by atoms with Crippen LogP contribution in [0.3, 0.4) is 0 Å². The van der Waals surface area contributed by atoms with Gasteiger partial charge in [-0.2, -0.15) is 5.26 Å². The molecule has 0 aromatic heterocycles. The van der Waals surface area contributed by atoms with Crippen LogP contribution in [0.5, 0.6) is 0 Å². The molecule has 3 heteroatoms. The Balaban J connectivity index is 2.63. The van der Waals surface area contributed by atoms with Gasteiger partial charge in [-0.05, 0) is 37.6 Å². The zero-order valence-corrected chi connectivity index (χ0v) is 9.31. The second-order valence-electron chi connectivity index (χ2n) is 3.55. The van der Waals surface area contributed by atoms with Crippen molar-refractivity contribution in [2.45, 2.75) is 20.0 Å². The number of hydrogen-bond acceptors (Lipinski definition) is 3. The van der Waals surface area contributed by atoms with E-state index >= 15 is 0 Å². The van der Waals surface area contributed by atoms with Gasteiger partial charge in [0.15, 0.2) is 0 Å². The standard InChI is InChI=1S/C13H13NO2/c1-10(2)16-13(15)8-7-11-3-5-12(9-14)6-4-11/h3-8,10H,1-2H3. The third kappa shape index (κ3) is 3.97. The van der Waals surface area contributed by atoms with E-state index in [-0.39, 0.29) is 12.1 Å². The highest BCUT2D eigenvalue weighted by Crippen LogP contribution is 2.05. The number of ether oxygens (including phenoxy) is 1. The summed E-state index contributed by atoms with van der Waals surface area (Å²) in [5.41, 5.74) is 1.46. The fourth-order valence-corrected chi connectivity index (χ4v) is 1.10. The zero-order valence-electron chi connectivity index (χ0n) is 9.31. The number of esters is 1. The molecule has 0 bridgehead atoms. The largest absolute Gasteiger partial charge is 0.460 e. The Kier molecular flexibility index (Phi) is 4.28. The molecule has 0 fully saturated rings. The molecule has 1 aromatic rings. The van der Waals surface area contributed by atoms with Gasteiger partial charge in [0.2, 0.25) is 0 Å². The first-order valence-corrected chi connectivity index (χ1v) is 5.00. The smallest absolute Gasteiger partial charge is 0.331 e. The van der Waals surface area contributed by atoms with Crippen molar-refractivity contribution in [3.8, 4) is 6.07 Å². The van der Waals surface area contributed by atoms with Crippen LogP contribution in [0.25, 0.3) is 6.08 Å². The van der Waals surface area contributed by atoms with Crippen LogP contribution in [0.1, 0.15) is 25.0 Å². The van der Waals surface area contributed by atoms with Crippen LogP contribution >= 0.6 is 0 Å². The summed E-state index contributed by atoms with van der Waals surface area (Å²) < 4.78 is 4.94. The van der Waals surface area contributed by atoms with Gasteiger partial charge in [-0.15, -0.1) is 0 Å². The zero-order chi connectivity index (χ0) is 12.0. The Morgan fingerprint density at radius 2 is 2.00 bits per heavy atom. The molecule has 0 heterocycles. The van der Waals surface area contributed by atoms with Crippen molar-refractivity contribution >= 4 is 12.0 Å². The van der Waals surface area contributed by atoms with Crippen molar-refractivity contribution in [1.29, 1.82) is 5.26 Å². The van der Waals surface area contributed by atoms with Crippen molar-refractivity contribution < 1.29 is 9.53 Å². The maximum absolute atomic E-state index is 11.2. The molecule has 0 unspecified atom stereocenters. The molecule has 0 saturated heterocycles. The quantitative estimate of drug-likeness (QED) is 0.575. The Bertz CT molecular complexity index is 424. The molecule has 0 amide bonds. The van der Waals surface area contributed by atoms with E-state index in [4.69, 9.17) is 10.00 Å². The van der Waals surface area contributed by atoms with Crippen molar-refractivity contribution in [3.05, 3.63) is 41.5 Å². The summed E-state index contributed by atoms with van der Waals surface area (Å²) in [4.78, 5) is 11.2. The lowest BCUT2D eigenvalue weighted by molar-refractivity contribution is -0.141. The molecular weight excluding hydrogens is 202 g/mol. The summed E-state index contributed by atoms with van der Waals surface area (Å²) in [6.45, 7) is 3.60. The van der Waals surface area contributed by atoms with Crippen LogP contribution in [-0.2, 0) is 9.53 Å².